The second kappa shape index (κ2) is 12.8. The number of aliphatic carboxylic acids is 2. The number of ketones is 1. The minimum atomic E-state index is -0.899. The minimum absolute atomic E-state index is 0.0972. The van der Waals surface area contributed by atoms with Crippen molar-refractivity contribution in [1.29, 1.82) is 0 Å². The predicted octanol–water partition coefficient (Wildman–Crippen LogP) is 6.77. The minimum Gasteiger partial charge on any atom is -0.481 e. The van der Waals surface area contributed by atoms with Crippen LogP contribution in [0.4, 0.5) is 0 Å². The molecule has 2 unspecified atom stereocenters. The third-order valence-electron chi connectivity index (χ3n) is 5.76. The number of carbonyl (C=O) groups is 3. The lowest BCUT2D eigenvalue weighted by Gasteiger charge is -2.10. The highest BCUT2D eigenvalue weighted by Crippen LogP contribution is 2.25. The first kappa shape index (κ1) is 26.9. The van der Waals surface area contributed by atoms with E-state index in [1.807, 2.05) is 42.5 Å². The Balaban J connectivity index is 0.000000206. The number of carboxylic acids is 2. The monoisotopic (exact) mass is 496 g/mol. The summed E-state index contributed by atoms with van der Waals surface area (Å²) in [5.41, 5.74) is 2.48. The Morgan fingerprint density at radius 3 is 1.59 bits per heavy atom. The van der Waals surface area contributed by atoms with E-state index in [0.717, 1.165) is 11.3 Å². The third kappa shape index (κ3) is 7.64. The van der Waals surface area contributed by atoms with Crippen molar-refractivity contribution in [2.24, 2.45) is 0 Å². The van der Waals surface area contributed by atoms with Crippen LogP contribution >= 0.6 is 0 Å². The summed E-state index contributed by atoms with van der Waals surface area (Å²) in [5.74, 6) is -1.62. The Morgan fingerprint density at radius 1 is 0.568 bits per heavy atom. The Morgan fingerprint density at radius 2 is 1.03 bits per heavy atom. The lowest BCUT2D eigenvalue weighted by molar-refractivity contribution is -0.139. The summed E-state index contributed by atoms with van der Waals surface area (Å²) in [6.45, 7) is 3.26. The molecule has 0 aliphatic rings. The molecule has 0 aliphatic carbocycles. The summed E-state index contributed by atoms with van der Waals surface area (Å²) in [6, 6.07) is 32.3. The molecule has 0 radical (unpaired) electrons. The second-order valence-corrected chi connectivity index (χ2v) is 8.43. The number of hydrogen-bond donors (Lipinski definition) is 2. The summed E-state index contributed by atoms with van der Waals surface area (Å²) in [4.78, 5) is 34.1. The number of benzene rings is 4. The highest BCUT2D eigenvalue weighted by Gasteiger charge is 2.16. The van der Waals surface area contributed by atoms with Gasteiger partial charge in [-0.25, -0.2) is 0 Å². The van der Waals surface area contributed by atoms with Gasteiger partial charge in [-0.2, -0.15) is 0 Å². The van der Waals surface area contributed by atoms with Crippen molar-refractivity contribution >= 4 is 17.7 Å². The molecule has 2 atom stereocenters. The first-order valence-corrected chi connectivity index (χ1v) is 11.7. The number of hydrogen-bond acceptors (Lipinski definition) is 4. The van der Waals surface area contributed by atoms with Crippen LogP contribution in [-0.2, 0) is 9.59 Å². The molecule has 0 aliphatic heterocycles. The average molecular weight is 497 g/mol. The molecule has 0 bridgehead atoms. The highest BCUT2D eigenvalue weighted by atomic mass is 16.5. The maximum Gasteiger partial charge on any atom is 0.310 e. The van der Waals surface area contributed by atoms with Crippen LogP contribution < -0.4 is 4.74 Å². The number of para-hydroxylation sites is 1. The largest absolute Gasteiger partial charge is 0.481 e. The topological polar surface area (TPSA) is 101 Å². The van der Waals surface area contributed by atoms with Gasteiger partial charge in [0, 0.05) is 11.1 Å². The molecule has 188 valence electrons. The fraction of sp³-hybridized carbons (Fsp3) is 0.129. The first-order valence-electron chi connectivity index (χ1n) is 11.7. The number of carboxylic acid groups (broad SMARTS) is 2. The molecule has 6 heteroatoms. The summed E-state index contributed by atoms with van der Waals surface area (Å²) >= 11 is 0. The van der Waals surface area contributed by atoms with Gasteiger partial charge in [0.15, 0.2) is 5.78 Å². The molecular formula is C31H28O6. The first-order chi connectivity index (χ1) is 17.8. The smallest absolute Gasteiger partial charge is 0.310 e. The Labute approximate surface area is 215 Å². The maximum absolute atomic E-state index is 12.2. The van der Waals surface area contributed by atoms with Crippen LogP contribution in [0.15, 0.2) is 109 Å². The van der Waals surface area contributed by atoms with Crippen molar-refractivity contribution in [3.8, 4) is 11.5 Å². The van der Waals surface area contributed by atoms with Crippen LogP contribution in [0.1, 0.15) is 52.7 Å². The SMILES string of the molecule is CC(C(=O)O)c1cccc(C(=O)c2ccccc2)c1.CC(C(=O)O)c1cccc(Oc2ccccc2)c1. The van der Waals surface area contributed by atoms with E-state index < -0.39 is 23.8 Å². The van der Waals surface area contributed by atoms with Gasteiger partial charge in [0.25, 0.3) is 0 Å². The Bertz CT molecular complexity index is 1350. The lowest BCUT2D eigenvalue weighted by Crippen LogP contribution is -2.09. The zero-order valence-corrected chi connectivity index (χ0v) is 20.6. The number of rotatable bonds is 8. The van der Waals surface area contributed by atoms with Crippen LogP contribution in [-0.4, -0.2) is 27.9 Å². The van der Waals surface area contributed by atoms with E-state index in [1.54, 1.807) is 80.6 Å². The summed E-state index contributed by atoms with van der Waals surface area (Å²) in [7, 11) is 0. The van der Waals surface area contributed by atoms with Crippen molar-refractivity contribution < 1.29 is 29.3 Å². The van der Waals surface area contributed by atoms with Gasteiger partial charge in [-0.1, -0.05) is 78.9 Å². The van der Waals surface area contributed by atoms with Crippen LogP contribution in [0.25, 0.3) is 0 Å². The second-order valence-electron chi connectivity index (χ2n) is 8.43. The van der Waals surface area contributed by atoms with Crippen LogP contribution in [0.2, 0.25) is 0 Å². The van der Waals surface area contributed by atoms with Crippen molar-refractivity contribution in [2.45, 2.75) is 25.7 Å². The van der Waals surface area contributed by atoms with Gasteiger partial charge < -0.3 is 14.9 Å². The molecule has 0 saturated heterocycles. The van der Waals surface area contributed by atoms with E-state index in [-0.39, 0.29) is 5.78 Å². The zero-order chi connectivity index (χ0) is 26.8. The van der Waals surface area contributed by atoms with Crippen LogP contribution in [0.5, 0.6) is 11.5 Å². The normalized spacial score (nSPS) is 11.8. The standard InChI is InChI=1S/C16H14O3.C15H14O3/c1-11(16(18)19)13-8-5-9-14(10-13)15(17)12-6-3-2-4-7-12;1-11(15(16)17)12-6-5-9-14(10-12)18-13-7-3-2-4-8-13/h2-11H,1H3,(H,18,19);2-11H,1H3,(H,16,17). The predicted molar refractivity (Wildman–Crippen MR) is 141 cm³/mol. The van der Waals surface area contributed by atoms with Crippen molar-refractivity contribution in [2.75, 3.05) is 0 Å². The molecule has 0 fully saturated rings. The summed E-state index contributed by atoms with van der Waals surface area (Å²) in [6.07, 6.45) is 0. The molecule has 0 aromatic heterocycles. The summed E-state index contributed by atoms with van der Waals surface area (Å²) < 4.78 is 5.66. The molecule has 4 aromatic rings. The fourth-order valence-corrected chi connectivity index (χ4v) is 3.46. The Kier molecular flexibility index (Phi) is 9.33. The van der Waals surface area contributed by atoms with Gasteiger partial charge in [0.05, 0.1) is 11.8 Å². The van der Waals surface area contributed by atoms with E-state index in [9.17, 15) is 14.4 Å². The molecule has 6 nitrogen and oxygen atoms in total. The molecule has 4 aromatic carbocycles. The van der Waals surface area contributed by atoms with E-state index in [0.29, 0.717) is 22.4 Å². The van der Waals surface area contributed by atoms with Crippen molar-refractivity contribution in [1.82, 2.24) is 0 Å². The molecule has 0 spiro atoms. The molecule has 2 N–H and O–H groups in total. The molecule has 0 heterocycles. The van der Waals surface area contributed by atoms with Gasteiger partial charge in [-0.15, -0.1) is 0 Å². The van der Waals surface area contributed by atoms with Crippen LogP contribution in [0, 0.1) is 0 Å². The van der Waals surface area contributed by atoms with E-state index in [1.165, 1.54) is 0 Å². The molecule has 0 saturated carbocycles. The van der Waals surface area contributed by atoms with Crippen molar-refractivity contribution in [3.63, 3.8) is 0 Å². The van der Waals surface area contributed by atoms with Crippen molar-refractivity contribution in [3.05, 3.63) is 131 Å². The lowest BCUT2D eigenvalue weighted by atomic mass is 9.96. The summed E-state index contributed by atoms with van der Waals surface area (Å²) in [5, 5.41) is 18.0. The quantitative estimate of drug-likeness (QED) is 0.261. The van der Waals surface area contributed by atoms with E-state index in [4.69, 9.17) is 14.9 Å². The maximum atomic E-state index is 12.2. The van der Waals surface area contributed by atoms with E-state index in [2.05, 4.69) is 0 Å². The molecule has 4 rings (SSSR count). The van der Waals surface area contributed by atoms with Gasteiger partial charge in [-0.3, -0.25) is 14.4 Å². The van der Waals surface area contributed by atoms with Gasteiger partial charge >= 0.3 is 11.9 Å². The average Bonchev–Trinajstić information content (AvgIpc) is 2.93. The molecule has 0 amide bonds. The zero-order valence-electron chi connectivity index (χ0n) is 20.6. The highest BCUT2D eigenvalue weighted by molar-refractivity contribution is 6.09. The molecule has 37 heavy (non-hydrogen) atoms. The van der Waals surface area contributed by atoms with Gasteiger partial charge in [0.2, 0.25) is 0 Å². The van der Waals surface area contributed by atoms with Gasteiger partial charge in [0.1, 0.15) is 11.5 Å². The Hall–Kier alpha value is -4.71. The number of carbonyl (C=O) groups excluding carboxylic acids is 1. The fourth-order valence-electron chi connectivity index (χ4n) is 3.46. The molecular weight excluding hydrogens is 468 g/mol. The third-order valence-corrected chi connectivity index (χ3v) is 5.76. The number of ether oxygens (including phenoxy) is 1. The van der Waals surface area contributed by atoms with Gasteiger partial charge in [-0.05, 0) is 55.3 Å². The van der Waals surface area contributed by atoms with E-state index >= 15 is 0 Å². The van der Waals surface area contributed by atoms with Crippen LogP contribution in [0.3, 0.4) is 0 Å².